The molecule has 5 rings (SSSR count). The van der Waals surface area contributed by atoms with Gasteiger partial charge in [-0.15, -0.1) is 0 Å². The molecule has 1 aliphatic heterocycles. The molecule has 0 radical (unpaired) electrons. The van der Waals surface area contributed by atoms with Crippen LogP contribution < -0.4 is 11.1 Å². The van der Waals surface area contributed by atoms with Gasteiger partial charge in [-0.3, -0.25) is 19.1 Å². The summed E-state index contributed by atoms with van der Waals surface area (Å²) < 4.78 is 8.63. The lowest BCUT2D eigenvalue weighted by molar-refractivity contribution is -0.119. The summed E-state index contributed by atoms with van der Waals surface area (Å²) in [5.41, 5.74) is 12.8. The second-order valence-electron chi connectivity index (χ2n) is 11.1. The van der Waals surface area contributed by atoms with E-state index in [0.717, 1.165) is 70.4 Å². The van der Waals surface area contributed by atoms with Crippen molar-refractivity contribution >= 4 is 34.5 Å². The fourth-order valence-corrected chi connectivity index (χ4v) is 6.05. The van der Waals surface area contributed by atoms with Crippen LogP contribution in [-0.4, -0.2) is 75.3 Å². The molecule has 4 aromatic rings. The molecule has 2 amide bonds. The van der Waals surface area contributed by atoms with E-state index in [2.05, 4.69) is 46.3 Å². The van der Waals surface area contributed by atoms with Crippen LogP contribution >= 0.6 is 0 Å². The summed E-state index contributed by atoms with van der Waals surface area (Å²) in [6, 6.07) is 6.30. The summed E-state index contributed by atoms with van der Waals surface area (Å²) in [5.74, 6) is -0.234. The number of carbonyl (C=O) groups is 3. The van der Waals surface area contributed by atoms with Crippen molar-refractivity contribution in [3.63, 3.8) is 0 Å². The summed E-state index contributed by atoms with van der Waals surface area (Å²) in [5, 5.41) is 7.78. The number of likely N-dealkylation sites (tertiary alicyclic amines) is 1. The van der Waals surface area contributed by atoms with Crippen LogP contribution in [0.5, 0.6) is 0 Å². The molecular formula is C30H37N7O4. The Hall–Kier alpha value is -4.25. The molecule has 1 fully saturated rings. The Morgan fingerprint density at radius 1 is 1.15 bits per heavy atom. The van der Waals surface area contributed by atoms with Gasteiger partial charge in [0.15, 0.2) is 12.3 Å². The lowest BCUT2D eigenvalue weighted by Gasteiger charge is -2.31. The maximum atomic E-state index is 13.8. The van der Waals surface area contributed by atoms with Crippen molar-refractivity contribution in [2.45, 2.75) is 52.4 Å². The SMILES string of the molecule is CNC(=O)OCC(=O)n1c(-c2cn3ncnc3c(C)c2C)c(C(C)C)c2cc(C3CCN(CC(N)=O)CC3)ccc21. The highest BCUT2D eigenvalue weighted by Crippen LogP contribution is 2.42. The van der Waals surface area contributed by atoms with Crippen molar-refractivity contribution in [3.8, 4) is 11.3 Å². The molecule has 0 unspecified atom stereocenters. The number of nitrogens with zero attached hydrogens (tertiary/aromatic N) is 5. The summed E-state index contributed by atoms with van der Waals surface area (Å²) in [4.78, 5) is 43.5. The molecule has 0 bridgehead atoms. The van der Waals surface area contributed by atoms with Crippen LogP contribution in [0.3, 0.4) is 0 Å². The molecule has 0 spiro atoms. The van der Waals surface area contributed by atoms with Crippen molar-refractivity contribution in [1.29, 1.82) is 0 Å². The van der Waals surface area contributed by atoms with Gasteiger partial charge in [0.2, 0.25) is 5.91 Å². The number of rotatable bonds is 7. The van der Waals surface area contributed by atoms with E-state index >= 15 is 0 Å². The highest BCUT2D eigenvalue weighted by atomic mass is 16.6. The molecule has 216 valence electrons. The average molecular weight is 560 g/mol. The predicted molar refractivity (Wildman–Crippen MR) is 156 cm³/mol. The van der Waals surface area contributed by atoms with Crippen molar-refractivity contribution in [3.05, 3.63) is 53.0 Å². The van der Waals surface area contributed by atoms with E-state index in [1.165, 1.54) is 18.9 Å². The van der Waals surface area contributed by atoms with Crippen LogP contribution in [-0.2, 0) is 9.53 Å². The maximum absolute atomic E-state index is 13.8. The van der Waals surface area contributed by atoms with Crippen molar-refractivity contribution in [2.24, 2.45) is 5.73 Å². The van der Waals surface area contributed by atoms with E-state index in [-0.39, 0.29) is 24.3 Å². The number of hydrogen-bond donors (Lipinski definition) is 2. The summed E-state index contributed by atoms with van der Waals surface area (Å²) in [7, 11) is 1.46. The smallest absolute Gasteiger partial charge is 0.407 e. The number of fused-ring (bicyclic) bond motifs is 2. The maximum Gasteiger partial charge on any atom is 0.407 e. The van der Waals surface area contributed by atoms with Crippen molar-refractivity contribution < 1.29 is 19.1 Å². The topological polar surface area (TPSA) is 137 Å². The lowest BCUT2D eigenvalue weighted by atomic mass is 9.87. The van der Waals surface area contributed by atoms with E-state index in [1.807, 2.05) is 26.1 Å². The van der Waals surface area contributed by atoms with Crippen LogP contribution in [0, 0.1) is 13.8 Å². The zero-order valence-corrected chi connectivity index (χ0v) is 24.2. The average Bonchev–Trinajstić information content (AvgIpc) is 3.56. The molecule has 1 aliphatic rings. The number of benzene rings is 1. The molecule has 11 heteroatoms. The van der Waals surface area contributed by atoms with Gasteiger partial charge in [-0.2, -0.15) is 5.10 Å². The van der Waals surface area contributed by atoms with Gasteiger partial charge in [0, 0.05) is 24.2 Å². The first-order valence-electron chi connectivity index (χ1n) is 14.0. The number of alkyl carbamates (subject to hydrolysis) is 1. The number of ether oxygens (including phenoxy) is 1. The second-order valence-corrected chi connectivity index (χ2v) is 11.1. The van der Waals surface area contributed by atoms with Gasteiger partial charge in [0.1, 0.15) is 6.33 Å². The first-order chi connectivity index (χ1) is 19.6. The number of aromatic nitrogens is 4. The van der Waals surface area contributed by atoms with Gasteiger partial charge in [0.25, 0.3) is 5.91 Å². The number of hydrogen-bond acceptors (Lipinski definition) is 7. The Morgan fingerprint density at radius 2 is 1.88 bits per heavy atom. The third-order valence-electron chi connectivity index (χ3n) is 8.21. The number of nitrogens with one attached hydrogen (secondary N) is 1. The minimum absolute atomic E-state index is 0.0835. The van der Waals surface area contributed by atoms with Crippen LogP contribution in [0.25, 0.3) is 27.8 Å². The van der Waals surface area contributed by atoms with Gasteiger partial charge in [0.05, 0.1) is 17.8 Å². The van der Waals surface area contributed by atoms with E-state index in [4.69, 9.17) is 10.5 Å². The molecule has 41 heavy (non-hydrogen) atoms. The highest BCUT2D eigenvalue weighted by Gasteiger charge is 2.29. The number of carbonyl (C=O) groups excluding carboxylic acids is 3. The third-order valence-corrected chi connectivity index (χ3v) is 8.21. The predicted octanol–water partition coefficient (Wildman–Crippen LogP) is 3.75. The zero-order chi connectivity index (χ0) is 29.4. The minimum Gasteiger partial charge on any atom is -0.439 e. The first kappa shape index (κ1) is 28.3. The number of amides is 2. The van der Waals surface area contributed by atoms with E-state index in [1.54, 1.807) is 9.08 Å². The zero-order valence-electron chi connectivity index (χ0n) is 24.2. The molecular weight excluding hydrogens is 522 g/mol. The van der Waals surface area contributed by atoms with Gasteiger partial charge >= 0.3 is 6.09 Å². The normalized spacial score (nSPS) is 14.7. The fourth-order valence-electron chi connectivity index (χ4n) is 6.05. The number of primary amides is 1. The standard InChI is InChI=1S/C30H37N7O4/c1-17(2)27-22-12-21(20-8-10-35(11-9-20)14-25(31)38)6-7-24(22)37(26(39)15-41-30(40)32-5)28(27)23-13-36-29(33-16-34-36)19(4)18(23)3/h6-7,12-13,16-17,20H,8-11,14-15H2,1-5H3,(H2,31,38)(H,32,40). The minimum atomic E-state index is -0.665. The van der Waals surface area contributed by atoms with Crippen molar-refractivity contribution in [2.75, 3.05) is 33.3 Å². The van der Waals surface area contributed by atoms with Gasteiger partial charge < -0.3 is 15.8 Å². The summed E-state index contributed by atoms with van der Waals surface area (Å²) in [6.45, 7) is 9.77. The Labute approximate surface area is 238 Å². The number of piperidine rings is 1. The highest BCUT2D eigenvalue weighted by molar-refractivity contribution is 6.03. The molecule has 11 nitrogen and oxygen atoms in total. The fraction of sp³-hybridized carbons (Fsp3) is 0.433. The summed E-state index contributed by atoms with van der Waals surface area (Å²) >= 11 is 0. The quantitative estimate of drug-likeness (QED) is 0.352. The van der Waals surface area contributed by atoms with Crippen molar-refractivity contribution in [1.82, 2.24) is 29.4 Å². The largest absolute Gasteiger partial charge is 0.439 e. The van der Waals surface area contributed by atoms with Crippen LogP contribution in [0.1, 0.15) is 65.6 Å². The van der Waals surface area contributed by atoms with Gasteiger partial charge in [-0.25, -0.2) is 14.3 Å². The number of nitrogens with two attached hydrogens (primary N) is 1. The first-order valence-corrected chi connectivity index (χ1v) is 14.0. The molecule has 0 saturated carbocycles. The number of pyridine rings is 1. The monoisotopic (exact) mass is 559 g/mol. The molecule has 0 atom stereocenters. The van der Waals surface area contributed by atoms with E-state index < -0.39 is 12.7 Å². The Balaban J connectivity index is 1.68. The van der Waals surface area contributed by atoms with E-state index in [9.17, 15) is 14.4 Å². The van der Waals surface area contributed by atoms with Crippen LogP contribution in [0.4, 0.5) is 4.79 Å². The Morgan fingerprint density at radius 3 is 2.54 bits per heavy atom. The Kier molecular flexibility index (Phi) is 7.81. The van der Waals surface area contributed by atoms with Crippen LogP contribution in [0.15, 0.2) is 30.7 Å². The third kappa shape index (κ3) is 5.29. The molecule has 3 N–H and O–H groups in total. The van der Waals surface area contributed by atoms with Gasteiger partial charge in [-0.1, -0.05) is 19.9 Å². The molecule has 1 aromatic carbocycles. The molecule has 3 aromatic heterocycles. The molecule has 4 heterocycles. The van der Waals surface area contributed by atoms with Gasteiger partial charge in [-0.05, 0) is 86.0 Å². The lowest BCUT2D eigenvalue weighted by Crippen LogP contribution is -2.39. The van der Waals surface area contributed by atoms with E-state index in [0.29, 0.717) is 5.92 Å². The summed E-state index contributed by atoms with van der Waals surface area (Å²) in [6.07, 6.45) is 4.62. The number of aryl methyl sites for hydroxylation is 1. The Bertz CT molecular complexity index is 1640. The van der Waals surface area contributed by atoms with Crippen LogP contribution in [0.2, 0.25) is 0 Å². The second kappa shape index (κ2) is 11.3. The molecule has 1 saturated heterocycles. The molecule has 0 aliphatic carbocycles.